The zero-order valence-corrected chi connectivity index (χ0v) is 17.8. The van der Waals surface area contributed by atoms with Gasteiger partial charge in [0.25, 0.3) is 0 Å². The van der Waals surface area contributed by atoms with Crippen LogP contribution < -0.4 is 9.54 Å². The maximum Gasteiger partial charge on any atom is 0.190 e. The van der Waals surface area contributed by atoms with Gasteiger partial charge in [0.15, 0.2) is 4.80 Å². The Hall–Kier alpha value is -2.41. The van der Waals surface area contributed by atoms with Gasteiger partial charge in [0.1, 0.15) is 5.75 Å². The first-order chi connectivity index (χ1) is 14.2. The molecule has 0 spiro atoms. The quantitative estimate of drug-likeness (QED) is 0.615. The average molecular weight is 410 g/mol. The number of benzene rings is 2. The SMILES string of the molecule is COc1cccc(-c2csc(=Nc3ccccc3C)n2CCN2CCOCC2)c1. The third-order valence-corrected chi connectivity index (χ3v) is 6.10. The highest BCUT2D eigenvalue weighted by atomic mass is 32.1. The fourth-order valence-electron chi connectivity index (χ4n) is 3.51. The van der Waals surface area contributed by atoms with Crippen molar-refractivity contribution in [3.8, 4) is 17.0 Å². The van der Waals surface area contributed by atoms with E-state index in [9.17, 15) is 0 Å². The van der Waals surface area contributed by atoms with Gasteiger partial charge in [0.05, 0.1) is 31.7 Å². The minimum absolute atomic E-state index is 0.817. The second-order valence-electron chi connectivity index (χ2n) is 7.14. The second-order valence-corrected chi connectivity index (χ2v) is 7.98. The van der Waals surface area contributed by atoms with E-state index >= 15 is 0 Å². The van der Waals surface area contributed by atoms with Crippen LogP contribution in [0, 0.1) is 6.92 Å². The molecule has 0 N–H and O–H groups in total. The number of aromatic nitrogens is 1. The summed E-state index contributed by atoms with van der Waals surface area (Å²) in [6.45, 7) is 7.59. The number of methoxy groups -OCH3 is 1. The van der Waals surface area contributed by atoms with Gasteiger partial charge in [-0.1, -0.05) is 30.3 Å². The van der Waals surface area contributed by atoms with Crippen LogP contribution in [0.3, 0.4) is 0 Å². The molecule has 0 amide bonds. The van der Waals surface area contributed by atoms with Crippen molar-refractivity contribution in [2.45, 2.75) is 13.5 Å². The molecule has 2 aromatic carbocycles. The third kappa shape index (κ3) is 4.78. The molecule has 0 bridgehead atoms. The molecule has 1 aliphatic rings. The Kier molecular flexibility index (Phi) is 6.44. The Morgan fingerprint density at radius 3 is 2.69 bits per heavy atom. The van der Waals surface area contributed by atoms with Crippen molar-refractivity contribution < 1.29 is 9.47 Å². The summed E-state index contributed by atoms with van der Waals surface area (Å²) in [5.74, 6) is 0.867. The van der Waals surface area contributed by atoms with E-state index in [1.165, 1.54) is 11.3 Å². The first kappa shape index (κ1) is 19.9. The average Bonchev–Trinajstić information content (AvgIpc) is 3.17. The number of thiazole rings is 1. The van der Waals surface area contributed by atoms with Crippen molar-refractivity contribution in [3.63, 3.8) is 0 Å². The van der Waals surface area contributed by atoms with Gasteiger partial charge in [-0.25, -0.2) is 4.99 Å². The van der Waals surface area contributed by atoms with Crippen molar-refractivity contribution in [1.82, 2.24) is 9.47 Å². The summed E-state index contributed by atoms with van der Waals surface area (Å²) in [5.41, 5.74) is 4.53. The van der Waals surface area contributed by atoms with Gasteiger partial charge in [-0.15, -0.1) is 11.3 Å². The van der Waals surface area contributed by atoms with Gasteiger partial charge >= 0.3 is 0 Å². The number of rotatable bonds is 6. The molecular formula is C23H27N3O2S. The largest absolute Gasteiger partial charge is 0.497 e. The van der Waals surface area contributed by atoms with Gasteiger partial charge in [-0.05, 0) is 30.7 Å². The lowest BCUT2D eigenvalue weighted by Crippen LogP contribution is -2.39. The zero-order chi connectivity index (χ0) is 20.1. The highest BCUT2D eigenvalue weighted by molar-refractivity contribution is 7.07. The number of para-hydroxylation sites is 1. The number of morpholine rings is 1. The summed E-state index contributed by atoms with van der Waals surface area (Å²) >= 11 is 1.69. The van der Waals surface area contributed by atoms with Crippen molar-refractivity contribution in [2.75, 3.05) is 40.0 Å². The number of ether oxygens (including phenoxy) is 2. The molecule has 0 unspecified atom stereocenters. The lowest BCUT2D eigenvalue weighted by Gasteiger charge is -2.26. The van der Waals surface area contributed by atoms with Crippen LogP contribution in [0.5, 0.6) is 5.75 Å². The van der Waals surface area contributed by atoms with Gasteiger partial charge < -0.3 is 14.0 Å². The third-order valence-electron chi connectivity index (χ3n) is 5.24. The molecule has 0 aliphatic carbocycles. The minimum Gasteiger partial charge on any atom is -0.497 e. The topological polar surface area (TPSA) is 39.0 Å². The molecule has 1 fully saturated rings. The lowest BCUT2D eigenvalue weighted by molar-refractivity contribution is 0.0363. The van der Waals surface area contributed by atoms with Crippen LogP contribution in [0.15, 0.2) is 58.9 Å². The van der Waals surface area contributed by atoms with Gasteiger partial charge in [0, 0.05) is 37.1 Å². The Balaban J connectivity index is 1.72. The molecule has 4 rings (SSSR count). The normalized spacial score (nSPS) is 15.6. The predicted molar refractivity (Wildman–Crippen MR) is 118 cm³/mol. The number of hydrogen-bond acceptors (Lipinski definition) is 5. The van der Waals surface area contributed by atoms with E-state index in [-0.39, 0.29) is 0 Å². The standard InChI is InChI=1S/C23H27N3O2S/c1-18-6-3-4-9-21(18)24-23-26(11-10-25-12-14-28-15-13-25)22(17-29-23)19-7-5-8-20(16-19)27-2/h3-9,16-17H,10-15H2,1-2H3. The Morgan fingerprint density at radius 2 is 1.90 bits per heavy atom. The molecule has 3 aromatic rings. The Labute approximate surface area is 175 Å². The van der Waals surface area contributed by atoms with E-state index < -0.39 is 0 Å². The smallest absolute Gasteiger partial charge is 0.190 e. The Bertz CT molecular complexity index is 1020. The molecule has 1 aromatic heterocycles. The summed E-state index contributed by atoms with van der Waals surface area (Å²) in [5, 5.41) is 2.20. The molecule has 1 aliphatic heterocycles. The molecular weight excluding hydrogens is 382 g/mol. The van der Waals surface area contributed by atoms with E-state index in [1.54, 1.807) is 18.4 Å². The summed E-state index contributed by atoms with van der Waals surface area (Å²) in [7, 11) is 1.71. The van der Waals surface area contributed by atoms with Crippen LogP contribution in [0.1, 0.15) is 5.56 Å². The van der Waals surface area contributed by atoms with Gasteiger partial charge in [0.2, 0.25) is 0 Å². The van der Waals surface area contributed by atoms with Gasteiger partial charge in [-0.3, -0.25) is 4.90 Å². The summed E-state index contributed by atoms with van der Waals surface area (Å²) in [6, 6.07) is 16.5. The molecule has 152 valence electrons. The lowest BCUT2D eigenvalue weighted by atomic mass is 10.1. The van der Waals surface area contributed by atoms with Crippen LogP contribution in [0.25, 0.3) is 11.3 Å². The number of hydrogen-bond donors (Lipinski definition) is 0. The second kappa shape index (κ2) is 9.39. The van der Waals surface area contributed by atoms with Crippen molar-refractivity contribution in [2.24, 2.45) is 4.99 Å². The first-order valence-electron chi connectivity index (χ1n) is 9.98. The maximum atomic E-state index is 5.49. The van der Waals surface area contributed by atoms with Crippen molar-refractivity contribution in [3.05, 3.63) is 64.3 Å². The van der Waals surface area contributed by atoms with Crippen molar-refractivity contribution in [1.29, 1.82) is 0 Å². The summed E-state index contributed by atoms with van der Waals surface area (Å²) in [6.07, 6.45) is 0. The highest BCUT2D eigenvalue weighted by Gasteiger charge is 2.14. The number of nitrogens with zero attached hydrogens (tertiary/aromatic N) is 3. The van der Waals surface area contributed by atoms with E-state index in [4.69, 9.17) is 14.5 Å². The van der Waals surface area contributed by atoms with Crippen molar-refractivity contribution >= 4 is 17.0 Å². The molecule has 5 nitrogen and oxygen atoms in total. The molecule has 0 atom stereocenters. The summed E-state index contributed by atoms with van der Waals surface area (Å²) < 4.78 is 13.3. The van der Waals surface area contributed by atoms with Crippen LogP contribution >= 0.6 is 11.3 Å². The minimum atomic E-state index is 0.817. The molecule has 0 radical (unpaired) electrons. The number of aryl methyl sites for hydroxylation is 1. The fourth-order valence-corrected chi connectivity index (χ4v) is 4.45. The van der Waals surface area contributed by atoms with E-state index in [0.29, 0.717) is 0 Å². The Morgan fingerprint density at radius 1 is 1.07 bits per heavy atom. The van der Waals surface area contributed by atoms with Gasteiger partial charge in [-0.2, -0.15) is 0 Å². The van der Waals surface area contributed by atoms with E-state index in [1.807, 2.05) is 18.2 Å². The van der Waals surface area contributed by atoms with Crippen LogP contribution in [-0.2, 0) is 11.3 Å². The summed E-state index contributed by atoms with van der Waals surface area (Å²) in [4.78, 5) is 8.48. The predicted octanol–water partition coefficient (Wildman–Crippen LogP) is 4.10. The van der Waals surface area contributed by atoms with E-state index in [0.717, 1.165) is 61.2 Å². The van der Waals surface area contributed by atoms with Crippen LogP contribution in [0.2, 0.25) is 0 Å². The first-order valence-corrected chi connectivity index (χ1v) is 10.9. The molecule has 0 saturated carbocycles. The highest BCUT2D eigenvalue weighted by Crippen LogP contribution is 2.25. The fraction of sp³-hybridized carbons (Fsp3) is 0.348. The molecule has 29 heavy (non-hydrogen) atoms. The maximum absolute atomic E-state index is 5.49. The molecule has 1 saturated heterocycles. The molecule has 2 heterocycles. The van der Waals surface area contributed by atoms with Crippen LogP contribution in [-0.4, -0.2) is 49.4 Å². The van der Waals surface area contributed by atoms with E-state index in [2.05, 4.69) is 52.1 Å². The van der Waals surface area contributed by atoms with Crippen LogP contribution in [0.4, 0.5) is 5.69 Å². The molecule has 6 heteroatoms. The monoisotopic (exact) mass is 409 g/mol. The zero-order valence-electron chi connectivity index (χ0n) is 17.0.